The molecule has 0 saturated heterocycles. The van der Waals surface area contributed by atoms with Gasteiger partial charge in [0.05, 0.1) is 11.2 Å². The number of rotatable bonds is 2. The van der Waals surface area contributed by atoms with Crippen LogP contribution in [0.15, 0.2) is 42.5 Å². The van der Waals surface area contributed by atoms with Gasteiger partial charge in [0.25, 0.3) is 5.24 Å². The summed E-state index contributed by atoms with van der Waals surface area (Å²) in [7, 11) is 0. The standard InChI is InChI=1S/C18H13Cl2NO/c1-10-7-8-12-14(18(20)22)9-16(21-17(12)11(10)2)13-5-3-4-6-15(13)19/h3-9H,1-2H3. The Morgan fingerprint density at radius 3 is 2.50 bits per heavy atom. The lowest BCUT2D eigenvalue weighted by Crippen LogP contribution is -1.98. The van der Waals surface area contributed by atoms with E-state index in [9.17, 15) is 4.79 Å². The average Bonchev–Trinajstić information content (AvgIpc) is 2.50. The molecule has 0 bridgehead atoms. The van der Waals surface area contributed by atoms with Crippen LogP contribution in [-0.4, -0.2) is 10.2 Å². The molecule has 0 spiro atoms. The second-order valence-corrected chi connectivity index (χ2v) is 5.96. The zero-order valence-corrected chi connectivity index (χ0v) is 13.7. The smallest absolute Gasteiger partial charge is 0.253 e. The molecule has 0 aliphatic heterocycles. The Hall–Kier alpha value is -1.90. The first-order chi connectivity index (χ1) is 10.5. The molecule has 0 aliphatic carbocycles. The maximum Gasteiger partial charge on any atom is 0.253 e. The van der Waals surface area contributed by atoms with Gasteiger partial charge in [-0.1, -0.05) is 41.9 Å². The van der Waals surface area contributed by atoms with Crippen LogP contribution in [0.4, 0.5) is 0 Å². The predicted octanol–water partition coefficient (Wildman–Crippen LogP) is 5.55. The molecule has 1 aromatic heterocycles. The number of carbonyl (C=O) groups excluding carboxylic acids is 1. The monoisotopic (exact) mass is 329 g/mol. The number of nitrogens with zero attached hydrogens (tertiary/aromatic N) is 1. The van der Waals surface area contributed by atoms with Crippen molar-refractivity contribution in [1.82, 2.24) is 4.98 Å². The van der Waals surface area contributed by atoms with Crippen LogP contribution in [0, 0.1) is 13.8 Å². The molecule has 0 aliphatic rings. The van der Waals surface area contributed by atoms with Gasteiger partial charge in [-0.3, -0.25) is 4.79 Å². The normalized spacial score (nSPS) is 10.9. The van der Waals surface area contributed by atoms with Crippen molar-refractivity contribution in [3.63, 3.8) is 0 Å². The van der Waals surface area contributed by atoms with E-state index in [1.165, 1.54) is 0 Å². The molecule has 2 nitrogen and oxygen atoms in total. The van der Waals surface area contributed by atoms with E-state index < -0.39 is 5.24 Å². The number of carbonyl (C=O) groups is 1. The maximum absolute atomic E-state index is 11.8. The van der Waals surface area contributed by atoms with Crippen molar-refractivity contribution in [3.8, 4) is 11.3 Å². The highest BCUT2D eigenvalue weighted by molar-refractivity contribution is 6.68. The summed E-state index contributed by atoms with van der Waals surface area (Å²) in [6.07, 6.45) is 0. The molecule has 0 amide bonds. The summed E-state index contributed by atoms with van der Waals surface area (Å²) in [4.78, 5) is 16.5. The maximum atomic E-state index is 11.8. The van der Waals surface area contributed by atoms with Crippen LogP contribution in [0.1, 0.15) is 21.5 Å². The zero-order chi connectivity index (χ0) is 15.9. The molecule has 1 heterocycles. The average molecular weight is 330 g/mol. The van der Waals surface area contributed by atoms with E-state index in [1.807, 2.05) is 44.2 Å². The van der Waals surface area contributed by atoms with Crippen LogP contribution >= 0.6 is 23.2 Å². The third kappa shape index (κ3) is 2.49. The number of fused-ring (bicyclic) bond motifs is 1. The van der Waals surface area contributed by atoms with Gasteiger partial charge in [-0.15, -0.1) is 0 Å². The molecule has 0 N–H and O–H groups in total. The summed E-state index contributed by atoms with van der Waals surface area (Å²) >= 11 is 12.0. The van der Waals surface area contributed by atoms with Gasteiger partial charge < -0.3 is 0 Å². The van der Waals surface area contributed by atoms with E-state index >= 15 is 0 Å². The minimum atomic E-state index is -0.496. The molecule has 2 aromatic carbocycles. The lowest BCUT2D eigenvalue weighted by atomic mass is 10.00. The lowest BCUT2D eigenvalue weighted by Gasteiger charge is -2.11. The van der Waals surface area contributed by atoms with Crippen LogP contribution in [0.5, 0.6) is 0 Å². The number of benzene rings is 2. The molecular formula is C18H13Cl2NO. The summed E-state index contributed by atoms with van der Waals surface area (Å²) in [5.74, 6) is 0. The molecule has 0 atom stereocenters. The van der Waals surface area contributed by atoms with Crippen molar-refractivity contribution in [2.45, 2.75) is 13.8 Å². The summed E-state index contributed by atoms with van der Waals surface area (Å²) in [6, 6.07) is 13.0. The highest BCUT2D eigenvalue weighted by Crippen LogP contribution is 2.32. The van der Waals surface area contributed by atoms with E-state index in [0.717, 1.165) is 27.6 Å². The van der Waals surface area contributed by atoms with Crippen molar-refractivity contribution in [1.29, 1.82) is 0 Å². The molecule has 4 heteroatoms. The van der Waals surface area contributed by atoms with Gasteiger partial charge in [-0.05, 0) is 48.7 Å². The number of hydrogen-bond donors (Lipinski definition) is 0. The Balaban J connectivity index is 2.41. The lowest BCUT2D eigenvalue weighted by molar-refractivity contribution is 0.108. The number of halogens is 2. The number of aromatic nitrogens is 1. The molecule has 22 heavy (non-hydrogen) atoms. The first-order valence-corrected chi connectivity index (χ1v) is 7.60. The Kier molecular flexibility index (Phi) is 3.90. The van der Waals surface area contributed by atoms with E-state index in [1.54, 1.807) is 12.1 Å². The van der Waals surface area contributed by atoms with Crippen LogP contribution in [0.2, 0.25) is 5.02 Å². The predicted molar refractivity (Wildman–Crippen MR) is 91.8 cm³/mol. The molecule has 110 valence electrons. The van der Waals surface area contributed by atoms with Crippen LogP contribution in [-0.2, 0) is 0 Å². The van der Waals surface area contributed by atoms with Gasteiger partial charge in [-0.25, -0.2) is 4.98 Å². The summed E-state index contributed by atoms with van der Waals surface area (Å²) in [6.45, 7) is 4.00. The van der Waals surface area contributed by atoms with Gasteiger partial charge in [0.15, 0.2) is 0 Å². The Bertz CT molecular complexity index is 903. The molecule has 3 aromatic rings. The Morgan fingerprint density at radius 2 is 1.82 bits per heavy atom. The van der Waals surface area contributed by atoms with Gasteiger partial charge in [0.2, 0.25) is 0 Å². The fourth-order valence-corrected chi connectivity index (χ4v) is 2.89. The third-order valence-electron chi connectivity index (χ3n) is 3.87. The fraction of sp³-hybridized carbons (Fsp3) is 0.111. The van der Waals surface area contributed by atoms with E-state index in [0.29, 0.717) is 16.3 Å². The Morgan fingerprint density at radius 1 is 1.09 bits per heavy atom. The highest BCUT2D eigenvalue weighted by Gasteiger charge is 2.15. The van der Waals surface area contributed by atoms with Gasteiger partial charge in [0.1, 0.15) is 0 Å². The first kappa shape index (κ1) is 15.0. The quantitative estimate of drug-likeness (QED) is 0.577. The fourth-order valence-electron chi connectivity index (χ4n) is 2.50. The summed E-state index contributed by atoms with van der Waals surface area (Å²) < 4.78 is 0. The van der Waals surface area contributed by atoms with Crippen molar-refractivity contribution in [2.75, 3.05) is 0 Å². The van der Waals surface area contributed by atoms with Gasteiger partial charge >= 0.3 is 0 Å². The molecular weight excluding hydrogens is 317 g/mol. The molecule has 0 saturated carbocycles. The minimum absolute atomic E-state index is 0.449. The van der Waals surface area contributed by atoms with Crippen molar-refractivity contribution in [2.24, 2.45) is 0 Å². The van der Waals surface area contributed by atoms with E-state index in [2.05, 4.69) is 0 Å². The second kappa shape index (κ2) is 5.71. The SMILES string of the molecule is Cc1ccc2c(C(=O)Cl)cc(-c3ccccc3Cl)nc2c1C. The summed E-state index contributed by atoms with van der Waals surface area (Å²) in [5.41, 5.74) is 4.81. The van der Waals surface area contributed by atoms with E-state index in [4.69, 9.17) is 28.2 Å². The number of pyridine rings is 1. The van der Waals surface area contributed by atoms with Crippen molar-refractivity contribution < 1.29 is 4.79 Å². The van der Waals surface area contributed by atoms with Crippen LogP contribution in [0.3, 0.4) is 0 Å². The van der Waals surface area contributed by atoms with Gasteiger partial charge in [0, 0.05) is 21.5 Å². The summed E-state index contributed by atoms with van der Waals surface area (Å²) in [5, 5.41) is 0.857. The second-order valence-electron chi connectivity index (χ2n) is 5.21. The van der Waals surface area contributed by atoms with Crippen LogP contribution in [0.25, 0.3) is 22.2 Å². The Labute approximate surface area is 138 Å². The molecule has 0 fully saturated rings. The molecule has 0 radical (unpaired) electrons. The van der Waals surface area contributed by atoms with Crippen molar-refractivity contribution in [3.05, 3.63) is 64.2 Å². The first-order valence-electron chi connectivity index (χ1n) is 6.84. The largest absolute Gasteiger partial charge is 0.276 e. The highest BCUT2D eigenvalue weighted by atomic mass is 35.5. The number of aryl methyl sites for hydroxylation is 2. The third-order valence-corrected chi connectivity index (χ3v) is 4.40. The molecule has 0 unspecified atom stereocenters. The minimum Gasteiger partial charge on any atom is -0.276 e. The number of hydrogen-bond acceptors (Lipinski definition) is 2. The molecule has 3 rings (SSSR count). The van der Waals surface area contributed by atoms with Crippen LogP contribution < -0.4 is 0 Å². The van der Waals surface area contributed by atoms with Gasteiger partial charge in [-0.2, -0.15) is 0 Å². The topological polar surface area (TPSA) is 30.0 Å². The van der Waals surface area contributed by atoms with Crippen molar-refractivity contribution >= 4 is 39.3 Å². The zero-order valence-electron chi connectivity index (χ0n) is 12.2. The van der Waals surface area contributed by atoms with E-state index in [-0.39, 0.29) is 0 Å².